The van der Waals surface area contributed by atoms with Crippen molar-refractivity contribution in [3.05, 3.63) is 23.8 Å². The van der Waals surface area contributed by atoms with Crippen LogP contribution in [0.4, 0.5) is 5.69 Å². The van der Waals surface area contributed by atoms with Crippen molar-refractivity contribution in [1.82, 2.24) is 4.72 Å². The molecule has 0 spiro atoms. The quantitative estimate of drug-likeness (QED) is 0.652. The van der Waals surface area contributed by atoms with Crippen molar-refractivity contribution in [3.63, 3.8) is 0 Å². The normalized spacial score (nSPS) is 13.8. The van der Waals surface area contributed by atoms with Crippen LogP contribution in [0.25, 0.3) is 0 Å². The van der Waals surface area contributed by atoms with Crippen LogP contribution in [0, 0.1) is 5.41 Å². The third kappa shape index (κ3) is 4.18. The van der Waals surface area contributed by atoms with Crippen molar-refractivity contribution in [2.75, 3.05) is 12.8 Å². The Morgan fingerprint density at radius 1 is 1.33 bits per heavy atom. The second-order valence-corrected chi connectivity index (χ2v) is 7.64. The highest BCUT2D eigenvalue weighted by molar-refractivity contribution is 7.89. The van der Waals surface area contributed by atoms with Gasteiger partial charge in [0, 0.05) is 6.04 Å². The Balaban J connectivity index is 3.13. The second-order valence-electron chi connectivity index (χ2n) is 5.95. The zero-order valence-electron chi connectivity index (χ0n) is 12.9. The largest absolute Gasteiger partial charge is 0.465 e. The number of benzene rings is 1. The summed E-state index contributed by atoms with van der Waals surface area (Å²) in [6.45, 7) is 7.59. The molecule has 0 saturated carbocycles. The molecule has 0 aliphatic heterocycles. The van der Waals surface area contributed by atoms with Crippen LogP contribution in [0.5, 0.6) is 0 Å². The number of sulfonamides is 1. The maximum Gasteiger partial charge on any atom is 0.337 e. The van der Waals surface area contributed by atoms with E-state index in [1.165, 1.54) is 25.3 Å². The molecule has 1 rings (SSSR count). The van der Waals surface area contributed by atoms with Crippen molar-refractivity contribution in [2.45, 2.75) is 38.6 Å². The van der Waals surface area contributed by atoms with Crippen molar-refractivity contribution in [1.29, 1.82) is 0 Å². The molecule has 0 saturated heterocycles. The van der Waals surface area contributed by atoms with Gasteiger partial charge >= 0.3 is 5.97 Å². The maximum atomic E-state index is 12.4. The fourth-order valence-corrected chi connectivity index (χ4v) is 3.07. The van der Waals surface area contributed by atoms with Gasteiger partial charge in [-0.2, -0.15) is 0 Å². The molecule has 0 aromatic heterocycles. The summed E-state index contributed by atoms with van der Waals surface area (Å²) in [6, 6.07) is 3.70. The first kappa shape index (κ1) is 17.5. The molecule has 0 bridgehead atoms. The fourth-order valence-electron chi connectivity index (χ4n) is 1.51. The third-order valence-corrected chi connectivity index (χ3v) is 4.97. The number of nitrogens with one attached hydrogen (secondary N) is 1. The van der Waals surface area contributed by atoms with E-state index in [0.717, 1.165) is 0 Å². The minimum Gasteiger partial charge on any atom is -0.465 e. The molecule has 0 aliphatic carbocycles. The minimum atomic E-state index is -3.75. The molecule has 1 aromatic carbocycles. The number of nitrogens with two attached hydrogens (primary N) is 1. The summed E-state index contributed by atoms with van der Waals surface area (Å²) in [4.78, 5) is 11.3. The topological polar surface area (TPSA) is 98.5 Å². The number of carbonyl (C=O) groups excluding carboxylic acids is 1. The summed E-state index contributed by atoms with van der Waals surface area (Å²) >= 11 is 0. The Morgan fingerprint density at radius 2 is 1.90 bits per heavy atom. The molecule has 118 valence electrons. The number of hydrogen-bond donors (Lipinski definition) is 2. The van der Waals surface area contributed by atoms with Crippen LogP contribution in [0.2, 0.25) is 0 Å². The zero-order chi connectivity index (χ0) is 16.4. The number of anilines is 1. The molecule has 0 fully saturated rings. The Labute approximate surface area is 125 Å². The van der Waals surface area contributed by atoms with E-state index in [-0.39, 0.29) is 27.6 Å². The first-order chi connectivity index (χ1) is 9.49. The maximum absolute atomic E-state index is 12.4. The summed E-state index contributed by atoms with van der Waals surface area (Å²) in [7, 11) is -2.50. The van der Waals surface area contributed by atoms with Gasteiger partial charge in [-0.05, 0) is 30.5 Å². The number of esters is 1. The van der Waals surface area contributed by atoms with Crippen LogP contribution >= 0.6 is 0 Å². The van der Waals surface area contributed by atoms with Gasteiger partial charge in [-0.15, -0.1) is 0 Å². The number of rotatable bonds is 4. The molecule has 0 aliphatic rings. The van der Waals surface area contributed by atoms with Gasteiger partial charge in [0.2, 0.25) is 10.0 Å². The number of hydrogen-bond acceptors (Lipinski definition) is 5. The van der Waals surface area contributed by atoms with Crippen LogP contribution in [0.3, 0.4) is 0 Å². The minimum absolute atomic E-state index is 0.00603. The van der Waals surface area contributed by atoms with E-state index in [1.54, 1.807) is 6.92 Å². The SMILES string of the molecule is COC(=O)c1ccc(S(=O)(=O)NC(C)C(C)(C)C)c(N)c1. The first-order valence-electron chi connectivity index (χ1n) is 6.49. The summed E-state index contributed by atoms with van der Waals surface area (Å²) in [6.07, 6.45) is 0. The molecular weight excluding hydrogens is 292 g/mol. The van der Waals surface area contributed by atoms with Crippen LogP contribution in [-0.2, 0) is 14.8 Å². The van der Waals surface area contributed by atoms with Gasteiger partial charge in [-0.3, -0.25) is 0 Å². The standard InChI is InChI=1S/C14H22N2O4S/c1-9(14(2,3)4)16-21(18,19)12-7-6-10(8-11(12)15)13(17)20-5/h6-9,16H,15H2,1-5H3. The van der Waals surface area contributed by atoms with E-state index < -0.39 is 16.0 Å². The highest BCUT2D eigenvalue weighted by Gasteiger charge is 2.27. The van der Waals surface area contributed by atoms with E-state index in [0.29, 0.717) is 0 Å². The average Bonchev–Trinajstić information content (AvgIpc) is 2.35. The highest BCUT2D eigenvalue weighted by Crippen LogP contribution is 2.24. The molecule has 0 heterocycles. The van der Waals surface area contributed by atoms with Gasteiger partial charge in [0.25, 0.3) is 0 Å². The summed E-state index contributed by atoms with van der Waals surface area (Å²) in [5.74, 6) is -0.568. The zero-order valence-corrected chi connectivity index (χ0v) is 13.7. The number of carbonyl (C=O) groups is 1. The lowest BCUT2D eigenvalue weighted by molar-refractivity contribution is 0.0600. The summed E-state index contributed by atoms with van der Waals surface area (Å²) in [5.41, 5.74) is 5.74. The molecule has 1 aromatic rings. The van der Waals surface area contributed by atoms with Gasteiger partial charge in [0.1, 0.15) is 4.90 Å². The van der Waals surface area contributed by atoms with Crippen LogP contribution < -0.4 is 10.5 Å². The Kier molecular flexibility index (Phi) is 5.01. The predicted octanol–water partition coefficient (Wildman–Crippen LogP) is 1.77. The fraction of sp³-hybridized carbons (Fsp3) is 0.500. The van der Waals surface area contributed by atoms with Crippen molar-refractivity contribution in [3.8, 4) is 0 Å². The first-order valence-corrected chi connectivity index (χ1v) is 7.97. The highest BCUT2D eigenvalue weighted by atomic mass is 32.2. The second kappa shape index (κ2) is 6.03. The van der Waals surface area contributed by atoms with Crippen molar-refractivity contribution < 1.29 is 17.9 Å². The van der Waals surface area contributed by atoms with E-state index in [1.807, 2.05) is 20.8 Å². The lowest BCUT2D eigenvalue weighted by atomic mass is 9.89. The van der Waals surface area contributed by atoms with Gasteiger partial charge in [0.15, 0.2) is 0 Å². The van der Waals surface area contributed by atoms with E-state index in [9.17, 15) is 13.2 Å². The molecule has 1 atom stereocenters. The molecule has 3 N–H and O–H groups in total. The van der Waals surface area contributed by atoms with Gasteiger partial charge < -0.3 is 10.5 Å². The number of methoxy groups -OCH3 is 1. The molecule has 0 amide bonds. The molecule has 1 unspecified atom stereocenters. The van der Waals surface area contributed by atoms with Gasteiger partial charge in [-0.25, -0.2) is 17.9 Å². The predicted molar refractivity (Wildman–Crippen MR) is 81.4 cm³/mol. The smallest absolute Gasteiger partial charge is 0.337 e. The van der Waals surface area contributed by atoms with Gasteiger partial charge in [0.05, 0.1) is 18.4 Å². The van der Waals surface area contributed by atoms with Crippen LogP contribution in [0.1, 0.15) is 38.1 Å². The van der Waals surface area contributed by atoms with E-state index in [4.69, 9.17) is 5.73 Å². The molecule has 6 nitrogen and oxygen atoms in total. The van der Waals surface area contributed by atoms with Crippen LogP contribution in [-0.4, -0.2) is 27.5 Å². The lowest BCUT2D eigenvalue weighted by Crippen LogP contribution is -2.41. The Bertz CT molecular complexity index is 633. The lowest BCUT2D eigenvalue weighted by Gasteiger charge is -2.28. The van der Waals surface area contributed by atoms with Crippen molar-refractivity contribution in [2.24, 2.45) is 5.41 Å². The monoisotopic (exact) mass is 314 g/mol. The summed E-state index contributed by atoms with van der Waals surface area (Å²) < 4.78 is 31.9. The average molecular weight is 314 g/mol. The molecule has 0 radical (unpaired) electrons. The van der Waals surface area contributed by atoms with E-state index >= 15 is 0 Å². The van der Waals surface area contributed by atoms with Crippen LogP contribution in [0.15, 0.2) is 23.1 Å². The van der Waals surface area contributed by atoms with Gasteiger partial charge in [-0.1, -0.05) is 20.8 Å². The Hall–Kier alpha value is -1.60. The molecule has 7 heteroatoms. The van der Waals surface area contributed by atoms with Crippen molar-refractivity contribution >= 4 is 21.7 Å². The molecular formula is C14H22N2O4S. The number of ether oxygens (including phenoxy) is 1. The molecule has 21 heavy (non-hydrogen) atoms. The third-order valence-electron chi connectivity index (χ3n) is 3.35. The summed E-state index contributed by atoms with van der Waals surface area (Å²) in [5, 5.41) is 0. The Morgan fingerprint density at radius 3 is 2.33 bits per heavy atom. The van der Waals surface area contributed by atoms with E-state index in [2.05, 4.69) is 9.46 Å². The number of nitrogen functional groups attached to an aromatic ring is 1.